The van der Waals surface area contributed by atoms with Gasteiger partial charge in [0.25, 0.3) is 0 Å². The number of rotatable bonds is 7. The zero-order valence-corrected chi connectivity index (χ0v) is 16.6. The minimum absolute atomic E-state index is 0. The van der Waals surface area contributed by atoms with Crippen molar-refractivity contribution in [3.8, 4) is 0 Å². The van der Waals surface area contributed by atoms with E-state index in [9.17, 15) is 4.79 Å². The molecule has 142 valence electrons. The Hall–Kier alpha value is -0.970. The highest BCUT2D eigenvalue weighted by Crippen LogP contribution is 2.32. The second-order valence-corrected chi connectivity index (χ2v) is 7.14. The fraction of sp³-hybridized carbons (Fsp3) is 0.632. The Kier molecular flexibility index (Phi) is 9.62. The van der Waals surface area contributed by atoms with Crippen molar-refractivity contribution in [3.63, 3.8) is 0 Å². The Balaban J connectivity index is 0.00000156. The van der Waals surface area contributed by atoms with Crippen LogP contribution in [0.4, 0.5) is 5.69 Å². The van der Waals surface area contributed by atoms with E-state index in [0.29, 0.717) is 24.4 Å². The van der Waals surface area contributed by atoms with E-state index in [-0.39, 0.29) is 30.7 Å². The molecule has 2 saturated heterocycles. The molecule has 0 saturated carbocycles. The molecule has 0 aliphatic carbocycles. The average Bonchev–Trinajstić information content (AvgIpc) is 2.91. The molecule has 6 heteroatoms. The van der Waals surface area contributed by atoms with Crippen molar-refractivity contribution >= 4 is 36.4 Å². The van der Waals surface area contributed by atoms with E-state index in [1.54, 1.807) is 0 Å². The molecule has 0 aromatic heterocycles. The predicted molar refractivity (Wildman–Crippen MR) is 109 cm³/mol. The number of halogens is 2. The quantitative estimate of drug-likeness (QED) is 0.704. The lowest BCUT2D eigenvalue weighted by Gasteiger charge is -2.28. The van der Waals surface area contributed by atoms with Crippen molar-refractivity contribution in [3.05, 3.63) is 30.3 Å². The highest BCUT2D eigenvalue weighted by Gasteiger charge is 2.33. The monoisotopic (exact) mass is 387 g/mol. The summed E-state index contributed by atoms with van der Waals surface area (Å²) in [7, 11) is 2.10. The minimum atomic E-state index is 0. The van der Waals surface area contributed by atoms with E-state index in [2.05, 4.69) is 46.8 Å². The molecule has 2 bridgehead atoms. The predicted octanol–water partition coefficient (Wildman–Crippen LogP) is 3.39. The number of amides is 1. The zero-order valence-electron chi connectivity index (χ0n) is 14.9. The van der Waals surface area contributed by atoms with Crippen LogP contribution in [0.2, 0.25) is 0 Å². The number of hydrogen-bond donors (Lipinski definition) is 2. The topological polar surface area (TPSA) is 44.4 Å². The fourth-order valence-electron chi connectivity index (χ4n) is 4.03. The standard InChI is InChI=1S/C19H29N3O.2ClH/c1-22(18-6-3-2-4-7-18)11-5-10-20-19(23)14-15-12-16-8-9-17(13-15)21-16;;/h2-4,6-7,15-17,21H,5,8-14H2,1H3,(H,20,23);2*1H. The number of hydrogen-bond acceptors (Lipinski definition) is 3. The number of carbonyl (C=O) groups is 1. The Morgan fingerprint density at radius 3 is 2.44 bits per heavy atom. The van der Waals surface area contributed by atoms with Crippen molar-refractivity contribution in [2.45, 2.75) is 50.6 Å². The molecule has 25 heavy (non-hydrogen) atoms. The second kappa shape index (κ2) is 10.9. The molecule has 2 atom stereocenters. The summed E-state index contributed by atoms with van der Waals surface area (Å²) in [5, 5.41) is 6.74. The molecular formula is C19H31Cl2N3O. The maximum Gasteiger partial charge on any atom is 0.220 e. The Labute approximate surface area is 163 Å². The fourth-order valence-corrected chi connectivity index (χ4v) is 4.03. The molecule has 4 nitrogen and oxygen atoms in total. The molecule has 1 aromatic carbocycles. The number of nitrogens with zero attached hydrogens (tertiary/aromatic N) is 1. The van der Waals surface area contributed by atoms with Crippen molar-refractivity contribution in [1.82, 2.24) is 10.6 Å². The summed E-state index contributed by atoms with van der Waals surface area (Å²) in [4.78, 5) is 14.3. The molecule has 2 aliphatic rings. The van der Waals surface area contributed by atoms with Crippen molar-refractivity contribution in [2.24, 2.45) is 5.92 Å². The highest BCUT2D eigenvalue weighted by atomic mass is 35.5. The van der Waals surface area contributed by atoms with E-state index in [0.717, 1.165) is 19.5 Å². The van der Waals surface area contributed by atoms with Gasteiger partial charge in [-0.1, -0.05) is 18.2 Å². The van der Waals surface area contributed by atoms with Crippen LogP contribution >= 0.6 is 24.8 Å². The number of anilines is 1. The lowest BCUT2D eigenvalue weighted by molar-refractivity contribution is -0.122. The molecule has 0 radical (unpaired) electrons. The van der Waals surface area contributed by atoms with Crippen molar-refractivity contribution in [2.75, 3.05) is 25.0 Å². The second-order valence-electron chi connectivity index (χ2n) is 7.14. The first-order valence-electron chi connectivity index (χ1n) is 8.99. The Morgan fingerprint density at radius 2 is 1.80 bits per heavy atom. The van der Waals surface area contributed by atoms with E-state index in [4.69, 9.17) is 0 Å². The van der Waals surface area contributed by atoms with E-state index in [1.165, 1.54) is 31.4 Å². The largest absolute Gasteiger partial charge is 0.375 e. The zero-order chi connectivity index (χ0) is 16.1. The number of carbonyl (C=O) groups excluding carboxylic acids is 1. The maximum atomic E-state index is 12.1. The van der Waals surface area contributed by atoms with Gasteiger partial charge in [-0.2, -0.15) is 0 Å². The molecule has 3 rings (SSSR count). The maximum absolute atomic E-state index is 12.1. The van der Waals surface area contributed by atoms with Crippen LogP contribution in [-0.2, 0) is 4.79 Å². The van der Waals surface area contributed by atoms with Crippen LogP contribution in [0.3, 0.4) is 0 Å². The highest BCUT2D eigenvalue weighted by molar-refractivity contribution is 5.85. The lowest BCUT2D eigenvalue weighted by Crippen LogP contribution is -2.39. The van der Waals surface area contributed by atoms with Gasteiger partial charge in [0.05, 0.1) is 0 Å². The van der Waals surface area contributed by atoms with Crippen LogP contribution < -0.4 is 15.5 Å². The van der Waals surface area contributed by atoms with Gasteiger partial charge in [0.15, 0.2) is 0 Å². The SMILES string of the molecule is CN(CCCNC(=O)CC1CC2CCC(C1)N2)c1ccccc1.Cl.Cl. The van der Waals surface area contributed by atoms with E-state index >= 15 is 0 Å². The van der Waals surface area contributed by atoms with Crippen LogP contribution in [0.5, 0.6) is 0 Å². The van der Waals surface area contributed by atoms with Gasteiger partial charge >= 0.3 is 0 Å². The van der Waals surface area contributed by atoms with Crippen LogP contribution in [0.15, 0.2) is 30.3 Å². The molecular weight excluding hydrogens is 357 g/mol. The molecule has 2 aliphatic heterocycles. The third-order valence-corrected chi connectivity index (χ3v) is 5.23. The third kappa shape index (κ3) is 6.69. The van der Waals surface area contributed by atoms with Gasteiger partial charge in [0.2, 0.25) is 5.91 Å². The summed E-state index contributed by atoms with van der Waals surface area (Å²) in [6.45, 7) is 1.73. The summed E-state index contributed by atoms with van der Waals surface area (Å²) in [5.41, 5.74) is 1.23. The number of piperidine rings is 1. The minimum Gasteiger partial charge on any atom is -0.375 e. The molecule has 2 heterocycles. The van der Waals surface area contributed by atoms with Crippen LogP contribution in [0.25, 0.3) is 0 Å². The smallest absolute Gasteiger partial charge is 0.220 e. The van der Waals surface area contributed by atoms with E-state index in [1.807, 2.05) is 6.07 Å². The molecule has 2 N–H and O–H groups in total. The number of benzene rings is 1. The Morgan fingerprint density at radius 1 is 1.16 bits per heavy atom. The van der Waals surface area contributed by atoms with Crippen molar-refractivity contribution < 1.29 is 4.79 Å². The summed E-state index contributed by atoms with van der Waals surface area (Å²) in [6.07, 6.45) is 6.66. The van der Waals surface area contributed by atoms with Gasteiger partial charge in [0.1, 0.15) is 0 Å². The lowest BCUT2D eigenvalue weighted by atomic mass is 9.89. The molecule has 1 amide bonds. The average molecular weight is 388 g/mol. The van der Waals surface area contributed by atoms with Gasteiger partial charge < -0.3 is 15.5 Å². The van der Waals surface area contributed by atoms with Crippen molar-refractivity contribution in [1.29, 1.82) is 0 Å². The van der Waals surface area contributed by atoms with Gasteiger partial charge in [-0.05, 0) is 50.2 Å². The summed E-state index contributed by atoms with van der Waals surface area (Å²) < 4.78 is 0. The number of nitrogens with one attached hydrogen (secondary N) is 2. The molecule has 2 unspecified atom stereocenters. The summed E-state index contributed by atoms with van der Waals surface area (Å²) in [5.74, 6) is 0.819. The molecule has 0 spiro atoms. The van der Waals surface area contributed by atoms with Crippen LogP contribution in [0.1, 0.15) is 38.5 Å². The normalized spacial score (nSPS) is 24.0. The first-order chi connectivity index (χ1) is 11.2. The first kappa shape index (κ1) is 22.1. The van der Waals surface area contributed by atoms with E-state index < -0.39 is 0 Å². The molecule has 2 fully saturated rings. The molecule has 1 aromatic rings. The van der Waals surface area contributed by atoms with Gasteiger partial charge in [-0.25, -0.2) is 0 Å². The number of fused-ring (bicyclic) bond motifs is 2. The summed E-state index contributed by atoms with van der Waals surface area (Å²) >= 11 is 0. The van der Waals surface area contributed by atoms with Crippen LogP contribution in [0, 0.1) is 5.92 Å². The Bertz CT molecular complexity index is 503. The summed E-state index contributed by atoms with van der Waals surface area (Å²) in [6, 6.07) is 11.7. The van der Waals surface area contributed by atoms with Gasteiger partial charge in [0, 0.05) is 44.3 Å². The van der Waals surface area contributed by atoms with Crippen LogP contribution in [-0.4, -0.2) is 38.1 Å². The van der Waals surface area contributed by atoms with Gasteiger partial charge in [-0.3, -0.25) is 4.79 Å². The third-order valence-electron chi connectivity index (χ3n) is 5.23. The first-order valence-corrected chi connectivity index (χ1v) is 8.99. The number of para-hydroxylation sites is 1. The van der Waals surface area contributed by atoms with Gasteiger partial charge in [-0.15, -0.1) is 24.8 Å².